The highest BCUT2D eigenvalue weighted by molar-refractivity contribution is 6.10. The van der Waals surface area contributed by atoms with Gasteiger partial charge in [0.25, 0.3) is 5.91 Å². The molecule has 2 aliphatic rings. The van der Waals surface area contributed by atoms with Crippen LogP contribution in [0.3, 0.4) is 0 Å². The largest absolute Gasteiger partial charge is 0.325 e. The fraction of sp³-hybridized carbons (Fsp3) is 0.467. The third-order valence-corrected chi connectivity index (χ3v) is 4.15. The zero-order valence-electron chi connectivity index (χ0n) is 12.5. The van der Waals surface area contributed by atoms with E-state index in [1.165, 1.54) is 0 Å². The normalized spacial score (nSPS) is 24.4. The number of hydrogen-bond donors (Lipinski definition) is 2. The Morgan fingerprint density at radius 2 is 2.18 bits per heavy atom. The standard InChI is InChI=1S/C15H18N4O3/c1-9-4-3-5-11(16-9)17-12(20)8-19-13(21)15(2,10-6-7-10)18-14(19)22/h3-5,10H,6-8H2,1-2H3,(H,18,22)(H,16,17,20). The molecule has 1 aliphatic carbocycles. The quantitative estimate of drug-likeness (QED) is 0.813. The van der Waals surface area contributed by atoms with Gasteiger partial charge in [-0.25, -0.2) is 9.78 Å². The molecule has 4 amide bonds. The molecule has 2 heterocycles. The van der Waals surface area contributed by atoms with E-state index in [9.17, 15) is 14.4 Å². The minimum Gasteiger partial charge on any atom is -0.323 e. The molecule has 0 aromatic carbocycles. The van der Waals surface area contributed by atoms with Gasteiger partial charge in [-0.15, -0.1) is 0 Å². The van der Waals surface area contributed by atoms with Gasteiger partial charge < -0.3 is 10.6 Å². The van der Waals surface area contributed by atoms with Gasteiger partial charge in [-0.2, -0.15) is 0 Å². The molecule has 0 bridgehead atoms. The van der Waals surface area contributed by atoms with E-state index < -0.39 is 17.5 Å². The molecule has 1 aromatic heterocycles. The highest BCUT2D eigenvalue weighted by Crippen LogP contribution is 2.42. The second-order valence-corrected chi connectivity index (χ2v) is 6.01. The van der Waals surface area contributed by atoms with Crippen LogP contribution >= 0.6 is 0 Å². The van der Waals surface area contributed by atoms with Crippen molar-refractivity contribution in [2.75, 3.05) is 11.9 Å². The topological polar surface area (TPSA) is 91.4 Å². The molecule has 1 unspecified atom stereocenters. The van der Waals surface area contributed by atoms with Crippen LogP contribution in [0.1, 0.15) is 25.5 Å². The van der Waals surface area contributed by atoms with E-state index in [1.807, 2.05) is 13.0 Å². The smallest absolute Gasteiger partial charge is 0.323 e. The second kappa shape index (κ2) is 5.08. The fourth-order valence-electron chi connectivity index (χ4n) is 2.74. The Labute approximate surface area is 128 Å². The lowest BCUT2D eigenvalue weighted by molar-refractivity contribution is -0.134. The summed E-state index contributed by atoms with van der Waals surface area (Å²) >= 11 is 0. The van der Waals surface area contributed by atoms with E-state index in [2.05, 4.69) is 15.6 Å². The van der Waals surface area contributed by atoms with E-state index >= 15 is 0 Å². The number of nitrogens with zero attached hydrogens (tertiary/aromatic N) is 2. The van der Waals surface area contributed by atoms with Crippen LogP contribution in [0.15, 0.2) is 18.2 Å². The van der Waals surface area contributed by atoms with Gasteiger partial charge in [0.2, 0.25) is 5.91 Å². The first-order valence-electron chi connectivity index (χ1n) is 7.28. The van der Waals surface area contributed by atoms with E-state index in [4.69, 9.17) is 0 Å². The van der Waals surface area contributed by atoms with Crippen molar-refractivity contribution in [3.63, 3.8) is 0 Å². The van der Waals surface area contributed by atoms with Crippen molar-refractivity contribution in [2.45, 2.75) is 32.2 Å². The first-order valence-corrected chi connectivity index (χ1v) is 7.28. The van der Waals surface area contributed by atoms with Crippen molar-refractivity contribution in [3.8, 4) is 0 Å². The lowest BCUT2D eigenvalue weighted by Gasteiger charge is -2.20. The predicted molar refractivity (Wildman–Crippen MR) is 79.0 cm³/mol. The zero-order valence-corrected chi connectivity index (χ0v) is 12.5. The minimum atomic E-state index is -0.862. The van der Waals surface area contributed by atoms with Crippen molar-refractivity contribution in [2.24, 2.45) is 5.92 Å². The summed E-state index contributed by atoms with van der Waals surface area (Å²) in [6.07, 6.45) is 1.85. The average molecular weight is 302 g/mol. The first kappa shape index (κ1) is 14.5. The van der Waals surface area contributed by atoms with Gasteiger partial charge in [-0.1, -0.05) is 6.07 Å². The van der Waals surface area contributed by atoms with Gasteiger partial charge >= 0.3 is 6.03 Å². The third kappa shape index (κ3) is 2.54. The Bertz CT molecular complexity index is 656. The van der Waals surface area contributed by atoms with Crippen LogP contribution < -0.4 is 10.6 Å². The van der Waals surface area contributed by atoms with Crippen molar-refractivity contribution in [3.05, 3.63) is 23.9 Å². The molecule has 0 radical (unpaired) electrons. The highest BCUT2D eigenvalue weighted by atomic mass is 16.2. The van der Waals surface area contributed by atoms with Crippen molar-refractivity contribution in [1.82, 2.24) is 15.2 Å². The number of hydrogen-bond acceptors (Lipinski definition) is 4. The summed E-state index contributed by atoms with van der Waals surface area (Å²) in [5.74, 6) is -0.188. The molecule has 116 valence electrons. The lowest BCUT2D eigenvalue weighted by atomic mass is 9.96. The van der Waals surface area contributed by atoms with E-state index in [0.29, 0.717) is 5.82 Å². The van der Waals surface area contributed by atoms with E-state index in [1.54, 1.807) is 19.1 Å². The number of imide groups is 1. The Kier molecular flexibility index (Phi) is 3.35. The second-order valence-electron chi connectivity index (χ2n) is 6.01. The molecular formula is C15H18N4O3. The molecule has 2 N–H and O–H groups in total. The Morgan fingerprint density at radius 3 is 2.82 bits per heavy atom. The molecule has 1 saturated carbocycles. The van der Waals surface area contributed by atoms with Crippen molar-refractivity contribution in [1.29, 1.82) is 0 Å². The number of carbonyl (C=O) groups is 3. The number of amides is 4. The minimum absolute atomic E-state index is 0.176. The molecule has 2 fully saturated rings. The Balaban J connectivity index is 1.66. The number of aryl methyl sites for hydroxylation is 1. The van der Waals surface area contributed by atoms with Crippen LogP contribution in [-0.2, 0) is 9.59 Å². The molecule has 7 heteroatoms. The Morgan fingerprint density at radius 1 is 1.45 bits per heavy atom. The summed E-state index contributed by atoms with van der Waals surface area (Å²) in [5, 5.41) is 5.31. The summed E-state index contributed by atoms with van der Waals surface area (Å²) < 4.78 is 0. The molecule has 3 rings (SSSR count). The molecule has 1 aliphatic heterocycles. The molecule has 1 atom stereocenters. The molecule has 7 nitrogen and oxygen atoms in total. The van der Waals surface area contributed by atoms with Crippen LogP contribution in [0.25, 0.3) is 0 Å². The fourth-order valence-corrected chi connectivity index (χ4v) is 2.74. The summed E-state index contributed by atoms with van der Waals surface area (Å²) in [5.41, 5.74) is -0.0898. The molecule has 0 spiro atoms. The van der Waals surface area contributed by atoms with Gasteiger partial charge in [-0.05, 0) is 44.7 Å². The maximum absolute atomic E-state index is 12.4. The number of anilines is 1. The molecule has 1 aromatic rings. The number of urea groups is 1. The number of aromatic nitrogens is 1. The predicted octanol–water partition coefficient (Wildman–Crippen LogP) is 1.05. The number of nitrogens with one attached hydrogen (secondary N) is 2. The maximum atomic E-state index is 12.4. The van der Waals surface area contributed by atoms with Gasteiger partial charge in [0.15, 0.2) is 0 Å². The molecular weight excluding hydrogens is 284 g/mol. The maximum Gasteiger partial charge on any atom is 0.325 e. The summed E-state index contributed by atoms with van der Waals surface area (Å²) in [4.78, 5) is 41.6. The van der Waals surface area contributed by atoms with Crippen molar-refractivity contribution >= 4 is 23.7 Å². The average Bonchev–Trinajstić information content (AvgIpc) is 3.25. The summed E-state index contributed by atoms with van der Waals surface area (Å²) in [7, 11) is 0. The van der Waals surface area contributed by atoms with Crippen molar-refractivity contribution < 1.29 is 14.4 Å². The summed E-state index contributed by atoms with van der Waals surface area (Å²) in [6, 6.07) is 4.74. The number of pyridine rings is 1. The SMILES string of the molecule is Cc1cccc(NC(=O)CN2C(=O)NC(C)(C3CC3)C2=O)n1. The van der Waals surface area contributed by atoms with Gasteiger partial charge in [-0.3, -0.25) is 14.5 Å². The van der Waals surface area contributed by atoms with E-state index in [0.717, 1.165) is 23.4 Å². The van der Waals surface area contributed by atoms with Crippen LogP contribution in [0.2, 0.25) is 0 Å². The number of rotatable bonds is 4. The van der Waals surface area contributed by atoms with Crippen LogP contribution in [0.5, 0.6) is 0 Å². The Hall–Kier alpha value is -2.44. The lowest BCUT2D eigenvalue weighted by Crippen LogP contribution is -2.46. The number of carbonyl (C=O) groups excluding carboxylic acids is 3. The monoisotopic (exact) mass is 302 g/mol. The van der Waals surface area contributed by atoms with Crippen LogP contribution in [0, 0.1) is 12.8 Å². The van der Waals surface area contributed by atoms with Crippen LogP contribution in [-0.4, -0.2) is 39.8 Å². The molecule has 22 heavy (non-hydrogen) atoms. The van der Waals surface area contributed by atoms with E-state index in [-0.39, 0.29) is 18.4 Å². The first-order chi connectivity index (χ1) is 10.4. The molecule has 1 saturated heterocycles. The van der Waals surface area contributed by atoms with Gasteiger partial charge in [0.1, 0.15) is 17.9 Å². The third-order valence-electron chi connectivity index (χ3n) is 4.15. The van der Waals surface area contributed by atoms with Crippen LogP contribution in [0.4, 0.5) is 10.6 Å². The van der Waals surface area contributed by atoms with Gasteiger partial charge in [0, 0.05) is 5.69 Å². The zero-order chi connectivity index (χ0) is 15.9. The summed E-state index contributed by atoms with van der Waals surface area (Å²) in [6.45, 7) is 3.24. The van der Waals surface area contributed by atoms with Gasteiger partial charge in [0.05, 0.1) is 0 Å². The highest BCUT2D eigenvalue weighted by Gasteiger charge is 2.56.